The van der Waals surface area contributed by atoms with E-state index in [1.54, 1.807) is 23.1 Å². The Balaban J connectivity index is 3.10. The topological polar surface area (TPSA) is 91.5 Å². The molecule has 0 radical (unpaired) electrons. The van der Waals surface area contributed by atoms with Crippen LogP contribution in [0, 0.1) is 5.41 Å². The van der Waals surface area contributed by atoms with Gasteiger partial charge in [-0.25, -0.2) is 0 Å². The zero-order chi connectivity index (χ0) is 13.0. The number of aliphatic imine (C=N–C) groups is 1. The molecule has 0 aromatic heterocycles. The first kappa shape index (κ1) is 13.6. The average Bonchev–Trinajstić information content (AvgIpc) is 2.21. The maximum absolute atomic E-state index is 7.75. The van der Waals surface area contributed by atoms with Crippen LogP contribution < -0.4 is 16.4 Å². The summed E-state index contributed by atoms with van der Waals surface area (Å²) in [6.07, 6.45) is 0. The van der Waals surface area contributed by atoms with Crippen molar-refractivity contribution < 1.29 is 0 Å². The first-order valence-electron chi connectivity index (χ1n) is 4.86. The van der Waals surface area contributed by atoms with Crippen LogP contribution in [0.4, 0.5) is 5.69 Å². The summed E-state index contributed by atoms with van der Waals surface area (Å²) in [4.78, 5) is 5.25. The Bertz CT molecular complexity index is 454. The summed E-state index contributed by atoms with van der Waals surface area (Å²) in [6.45, 7) is 2.37. The number of nitrogens with one attached hydrogen (secondary N) is 1. The summed E-state index contributed by atoms with van der Waals surface area (Å²) in [5, 5.41) is 8.72. The van der Waals surface area contributed by atoms with Crippen LogP contribution in [-0.2, 0) is 0 Å². The molecule has 0 aliphatic carbocycles. The van der Waals surface area contributed by atoms with E-state index in [-0.39, 0.29) is 11.9 Å². The number of guanidine groups is 2. The van der Waals surface area contributed by atoms with Crippen molar-refractivity contribution in [1.29, 1.82) is 5.41 Å². The molecular weight excluding hydrogens is 261 g/mol. The number of benzene rings is 1. The molecule has 5 nitrogen and oxygen atoms in total. The van der Waals surface area contributed by atoms with Gasteiger partial charge in [0.15, 0.2) is 5.96 Å². The third-order valence-corrected chi connectivity index (χ3v) is 2.55. The zero-order valence-corrected chi connectivity index (χ0v) is 10.8. The van der Waals surface area contributed by atoms with Gasteiger partial charge in [0, 0.05) is 11.6 Å². The van der Waals surface area contributed by atoms with Crippen LogP contribution in [0.3, 0.4) is 0 Å². The van der Waals surface area contributed by atoms with Gasteiger partial charge in [-0.15, -0.1) is 0 Å². The van der Waals surface area contributed by atoms with Crippen molar-refractivity contribution in [3.63, 3.8) is 0 Å². The third-order valence-electron chi connectivity index (χ3n) is 2.01. The number of anilines is 1. The molecule has 0 heterocycles. The van der Waals surface area contributed by atoms with E-state index in [1.165, 1.54) is 0 Å². The second kappa shape index (κ2) is 5.75. The summed E-state index contributed by atoms with van der Waals surface area (Å²) in [5.74, 6) is -0.241. The summed E-state index contributed by atoms with van der Waals surface area (Å²) in [6, 6.07) is 5.00. The minimum absolute atomic E-state index is 0.0725. The van der Waals surface area contributed by atoms with Crippen molar-refractivity contribution in [3.8, 4) is 0 Å². The van der Waals surface area contributed by atoms with Gasteiger partial charge in [0.1, 0.15) is 0 Å². The summed E-state index contributed by atoms with van der Waals surface area (Å²) < 4.78 is 0. The van der Waals surface area contributed by atoms with Crippen molar-refractivity contribution in [3.05, 3.63) is 28.2 Å². The lowest BCUT2D eigenvalue weighted by atomic mass is 10.3. The van der Waals surface area contributed by atoms with E-state index < -0.39 is 0 Å². The number of halogens is 2. The van der Waals surface area contributed by atoms with Crippen LogP contribution in [0.1, 0.15) is 6.92 Å². The normalized spacial score (nSPS) is 9.82. The fraction of sp³-hybridized carbons (Fsp3) is 0.200. The molecule has 0 fully saturated rings. The number of rotatable bonds is 2. The van der Waals surface area contributed by atoms with Crippen LogP contribution in [-0.4, -0.2) is 18.5 Å². The van der Waals surface area contributed by atoms with Gasteiger partial charge >= 0.3 is 0 Å². The highest BCUT2D eigenvalue weighted by Gasteiger charge is 2.13. The maximum atomic E-state index is 7.75. The monoisotopic (exact) mass is 273 g/mol. The van der Waals surface area contributed by atoms with Crippen molar-refractivity contribution in [2.75, 3.05) is 11.4 Å². The number of hydrogen-bond donors (Lipinski definition) is 3. The van der Waals surface area contributed by atoms with Gasteiger partial charge in [-0.1, -0.05) is 23.2 Å². The molecule has 0 saturated heterocycles. The van der Waals surface area contributed by atoms with Crippen LogP contribution in [0.25, 0.3) is 0 Å². The Labute approximate surface area is 110 Å². The average molecular weight is 274 g/mol. The molecule has 0 atom stereocenters. The highest BCUT2D eigenvalue weighted by molar-refractivity contribution is 6.36. The van der Waals surface area contributed by atoms with Gasteiger partial charge < -0.3 is 16.4 Å². The zero-order valence-electron chi connectivity index (χ0n) is 9.24. The Kier molecular flexibility index (Phi) is 4.60. The van der Waals surface area contributed by atoms with E-state index in [0.717, 1.165) is 0 Å². The molecule has 92 valence electrons. The van der Waals surface area contributed by atoms with Gasteiger partial charge in [-0.05, 0) is 25.1 Å². The number of nitrogens with zero attached hydrogens (tertiary/aromatic N) is 2. The van der Waals surface area contributed by atoms with Crippen LogP contribution >= 0.6 is 23.2 Å². The van der Waals surface area contributed by atoms with Gasteiger partial charge in [0.05, 0.1) is 10.7 Å². The Morgan fingerprint density at radius 1 is 1.41 bits per heavy atom. The van der Waals surface area contributed by atoms with Crippen LogP contribution in [0.2, 0.25) is 10.0 Å². The Morgan fingerprint density at radius 2 is 2.06 bits per heavy atom. The predicted molar refractivity (Wildman–Crippen MR) is 73.0 cm³/mol. The lowest BCUT2D eigenvalue weighted by Crippen LogP contribution is -2.33. The smallest absolute Gasteiger partial charge is 0.225 e. The van der Waals surface area contributed by atoms with E-state index in [4.69, 9.17) is 40.1 Å². The molecular formula is C10H13Cl2N5. The van der Waals surface area contributed by atoms with Crippen molar-refractivity contribution in [1.82, 2.24) is 0 Å². The van der Waals surface area contributed by atoms with Crippen LogP contribution in [0.15, 0.2) is 23.2 Å². The highest BCUT2D eigenvalue weighted by Crippen LogP contribution is 2.28. The third kappa shape index (κ3) is 3.51. The molecule has 0 spiro atoms. The fourth-order valence-electron chi connectivity index (χ4n) is 1.32. The van der Waals surface area contributed by atoms with Crippen molar-refractivity contribution in [2.24, 2.45) is 16.5 Å². The van der Waals surface area contributed by atoms with E-state index >= 15 is 0 Å². The van der Waals surface area contributed by atoms with E-state index in [0.29, 0.717) is 22.3 Å². The molecule has 1 aromatic carbocycles. The Hall–Kier alpha value is -1.46. The second-order valence-electron chi connectivity index (χ2n) is 3.20. The molecule has 5 N–H and O–H groups in total. The molecule has 0 aliphatic heterocycles. The molecule has 0 bridgehead atoms. The van der Waals surface area contributed by atoms with E-state index in [9.17, 15) is 0 Å². The largest absolute Gasteiger partial charge is 0.370 e. The quantitative estimate of drug-likeness (QED) is 0.569. The first-order chi connectivity index (χ1) is 7.95. The van der Waals surface area contributed by atoms with E-state index in [2.05, 4.69) is 4.99 Å². The van der Waals surface area contributed by atoms with Gasteiger partial charge in [-0.3, -0.25) is 5.41 Å². The molecule has 0 unspecified atom stereocenters. The summed E-state index contributed by atoms with van der Waals surface area (Å²) in [5.41, 5.74) is 11.1. The molecule has 0 aliphatic rings. The first-order valence-corrected chi connectivity index (χ1v) is 5.62. The highest BCUT2D eigenvalue weighted by atomic mass is 35.5. The molecule has 1 rings (SSSR count). The lowest BCUT2D eigenvalue weighted by Gasteiger charge is -2.22. The molecule has 0 saturated carbocycles. The second-order valence-corrected chi connectivity index (χ2v) is 4.04. The molecule has 1 aromatic rings. The molecule has 7 heteroatoms. The summed E-state index contributed by atoms with van der Waals surface area (Å²) >= 11 is 11.9. The lowest BCUT2D eigenvalue weighted by molar-refractivity contribution is 1.03. The van der Waals surface area contributed by atoms with Crippen molar-refractivity contribution in [2.45, 2.75) is 6.92 Å². The fourth-order valence-corrected chi connectivity index (χ4v) is 1.83. The predicted octanol–water partition coefficient (Wildman–Crippen LogP) is 2.03. The maximum Gasteiger partial charge on any atom is 0.225 e. The van der Waals surface area contributed by atoms with Crippen molar-refractivity contribution >= 4 is 40.8 Å². The van der Waals surface area contributed by atoms with Gasteiger partial charge in [0.2, 0.25) is 5.96 Å². The molecule has 17 heavy (non-hydrogen) atoms. The Morgan fingerprint density at radius 3 is 2.53 bits per heavy atom. The van der Waals surface area contributed by atoms with Crippen LogP contribution in [0.5, 0.6) is 0 Å². The summed E-state index contributed by atoms with van der Waals surface area (Å²) in [7, 11) is 0. The SMILES string of the molecule is CCN(C(=N)N=C(N)N)c1ccc(Cl)cc1Cl. The van der Waals surface area contributed by atoms with Gasteiger partial charge in [-0.2, -0.15) is 4.99 Å². The van der Waals surface area contributed by atoms with E-state index in [1.807, 2.05) is 6.92 Å². The minimum atomic E-state index is -0.168. The molecule has 0 amide bonds. The number of nitrogens with two attached hydrogens (primary N) is 2. The van der Waals surface area contributed by atoms with Gasteiger partial charge in [0.25, 0.3) is 0 Å². The number of hydrogen-bond acceptors (Lipinski definition) is 1. The standard InChI is InChI=1S/C10H13Cl2N5/c1-2-17(10(15)16-9(13)14)8-4-3-6(11)5-7(8)12/h3-5H,2H2,1H3,(H5,13,14,15,16). The minimum Gasteiger partial charge on any atom is -0.370 e.